The van der Waals surface area contributed by atoms with Crippen molar-refractivity contribution >= 4 is 23.6 Å². The number of nitrogens with zero attached hydrogens (tertiary/aromatic N) is 3. The summed E-state index contributed by atoms with van der Waals surface area (Å²) in [6, 6.07) is 4.03. The number of rotatable bonds is 4. The van der Waals surface area contributed by atoms with Gasteiger partial charge in [0.05, 0.1) is 0 Å². The Morgan fingerprint density at radius 1 is 0.833 bits per heavy atom. The van der Waals surface area contributed by atoms with Gasteiger partial charge in [-0.2, -0.15) is 0 Å². The highest BCUT2D eigenvalue weighted by molar-refractivity contribution is 6.00. The van der Waals surface area contributed by atoms with Crippen molar-refractivity contribution in [1.82, 2.24) is 15.6 Å². The van der Waals surface area contributed by atoms with Gasteiger partial charge in [-0.05, 0) is 53.7 Å². The third kappa shape index (κ3) is 5.55. The van der Waals surface area contributed by atoms with E-state index in [2.05, 4.69) is 25.6 Å². The van der Waals surface area contributed by atoms with Crippen LogP contribution in [0.5, 0.6) is 0 Å². The van der Waals surface area contributed by atoms with Crippen LogP contribution in [0.3, 0.4) is 0 Å². The maximum atomic E-state index is 12.3. The fraction of sp³-hybridized carbons (Fsp3) is 0.571. The fourth-order valence-electron chi connectivity index (χ4n) is 2.88. The van der Waals surface area contributed by atoms with Crippen molar-refractivity contribution in [2.24, 2.45) is 9.98 Å². The van der Waals surface area contributed by atoms with E-state index in [-0.39, 0.29) is 36.1 Å². The van der Waals surface area contributed by atoms with Crippen molar-refractivity contribution in [3.63, 3.8) is 0 Å². The van der Waals surface area contributed by atoms with Gasteiger partial charge >= 0.3 is 0 Å². The zero-order valence-electron chi connectivity index (χ0n) is 18.3. The molecule has 2 aliphatic rings. The molecule has 2 N–H and O–H groups in total. The molecule has 30 heavy (non-hydrogen) atoms. The zero-order chi connectivity index (χ0) is 22.1. The Hall–Kier alpha value is -2.97. The molecule has 0 fully saturated rings. The van der Waals surface area contributed by atoms with Gasteiger partial charge in [0.1, 0.15) is 24.6 Å². The lowest BCUT2D eigenvalue weighted by Gasteiger charge is -2.21. The summed E-state index contributed by atoms with van der Waals surface area (Å²) in [5.74, 6) is 0.216. The van der Waals surface area contributed by atoms with Gasteiger partial charge in [-0.15, -0.1) is 0 Å². The number of nitrogens with one attached hydrogen (secondary N) is 2. The summed E-state index contributed by atoms with van der Waals surface area (Å²) in [4.78, 5) is 37.9. The van der Waals surface area contributed by atoms with E-state index in [1.165, 1.54) is 0 Å². The molecule has 0 spiro atoms. The number of hydrogen-bond donors (Lipinski definition) is 2. The van der Waals surface area contributed by atoms with Gasteiger partial charge in [0.25, 0.3) is 0 Å². The molecule has 0 aliphatic carbocycles. The van der Waals surface area contributed by atoms with Gasteiger partial charge in [-0.25, -0.2) is 15.0 Å². The third-order valence-corrected chi connectivity index (χ3v) is 4.09. The van der Waals surface area contributed by atoms with Crippen LogP contribution in [-0.2, 0) is 19.1 Å². The lowest BCUT2D eigenvalue weighted by molar-refractivity contribution is -0.124. The number of hydrogen-bond acceptors (Lipinski definition) is 7. The van der Waals surface area contributed by atoms with Gasteiger partial charge < -0.3 is 20.1 Å². The van der Waals surface area contributed by atoms with Crippen molar-refractivity contribution in [2.45, 2.75) is 64.7 Å². The Labute approximate surface area is 176 Å². The van der Waals surface area contributed by atoms with Crippen LogP contribution < -0.4 is 10.6 Å². The average Bonchev–Trinajstić information content (AvgIpc) is 3.29. The minimum Gasteiger partial charge on any atom is -0.474 e. The minimum atomic E-state index is -0.616. The van der Waals surface area contributed by atoms with Crippen LogP contribution >= 0.6 is 0 Å². The molecule has 0 aromatic carbocycles. The lowest BCUT2D eigenvalue weighted by atomic mass is 10.1. The lowest BCUT2D eigenvalue weighted by Crippen LogP contribution is -2.45. The molecular weight excluding hydrogens is 386 g/mol. The van der Waals surface area contributed by atoms with E-state index in [0.29, 0.717) is 23.2 Å². The monoisotopic (exact) mass is 415 g/mol. The number of ether oxygens (including phenoxy) is 2. The molecular formula is C21H29N5O4. The van der Waals surface area contributed by atoms with E-state index in [1.807, 2.05) is 41.5 Å². The second kappa shape index (κ2) is 8.04. The summed E-state index contributed by atoms with van der Waals surface area (Å²) in [5, 5.41) is 5.79. The predicted octanol–water partition coefficient (Wildman–Crippen LogP) is 1.20. The molecule has 0 saturated carbocycles. The minimum absolute atomic E-state index is 0.162. The molecule has 1 aromatic heterocycles. The highest BCUT2D eigenvalue weighted by Crippen LogP contribution is 2.16. The van der Waals surface area contributed by atoms with E-state index < -0.39 is 12.1 Å². The maximum absolute atomic E-state index is 12.3. The Kier molecular flexibility index (Phi) is 5.83. The SMILES string of the molecule is CC(C)(C)NC(=O)C1COC(c2cccc(C3=NC(C(=O)NC(C)(C)C)CO3)n2)=N1. The Morgan fingerprint density at radius 2 is 1.23 bits per heavy atom. The fourth-order valence-corrected chi connectivity index (χ4v) is 2.88. The Bertz CT molecular complexity index is 826. The molecule has 9 heteroatoms. The first-order chi connectivity index (χ1) is 13.9. The number of carbonyl (C=O) groups excluding carboxylic acids is 2. The first-order valence-electron chi connectivity index (χ1n) is 9.94. The second-order valence-electron chi connectivity index (χ2n) is 9.41. The van der Waals surface area contributed by atoms with Crippen molar-refractivity contribution in [3.05, 3.63) is 29.6 Å². The highest BCUT2D eigenvalue weighted by atomic mass is 16.5. The first kappa shape index (κ1) is 21.7. The van der Waals surface area contributed by atoms with Crippen LogP contribution in [0.25, 0.3) is 0 Å². The van der Waals surface area contributed by atoms with Crippen LogP contribution in [0, 0.1) is 0 Å². The molecule has 0 radical (unpaired) electrons. The van der Waals surface area contributed by atoms with Crippen LogP contribution in [0.4, 0.5) is 0 Å². The summed E-state index contributed by atoms with van der Waals surface area (Å²) in [6.07, 6.45) is 0. The molecule has 2 atom stereocenters. The van der Waals surface area contributed by atoms with E-state index >= 15 is 0 Å². The van der Waals surface area contributed by atoms with E-state index in [0.717, 1.165) is 0 Å². The van der Waals surface area contributed by atoms with Crippen LogP contribution in [0.1, 0.15) is 52.9 Å². The summed E-state index contributed by atoms with van der Waals surface area (Å²) in [5.41, 5.74) is 0.266. The number of aromatic nitrogens is 1. The van der Waals surface area contributed by atoms with Crippen LogP contribution in [-0.4, -0.2) is 65.0 Å². The quantitative estimate of drug-likeness (QED) is 0.767. The van der Waals surface area contributed by atoms with Crippen LogP contribution in [0.2, 0.25) is 0 Å². The van der Waals surface area contributed by atoms with E-state index in [1.54, 1.807) is 18.2 Å². The molecule has 0 bridgehead atoms. The topological polar surface area (TPSA) is 114 Å². The summed E-state index contributed by atoms with van der Waals surface area (Å²) in [7, 11) is 0. The molecule has 2 unspecified atom stereocenters. The van der Waals surface area contributed by atoms with E-state index in [4.69, 9.17) is 9.47 Å². The van der Waals surface area contributed by atoms with Gasteiger partial charge in [-0.3, -0.25) is 9.59 Å². The molecule has 3 rings (SSSR count). The molecule has 0 saturated heterocycles. The summed E-state index contributed by atoms with van der Waals surface area (Å²) < 4.78 is 11.2. The first-order valence-corrected chi connectivity index (χ1v) is 9.94. The normalized spacial score (nSPS) is 21.3. The Morgan fingerprint density at radius 3 is 1.60 bits per heavy atom. The molecule has 1 aromatic rings. The third-order valence-electron chi connectivity index (χ3n) is 4.09. The van der Waals surface area contributed by atoms with Crippen LogP contribution in [0.15, 0.2) is 28.2 Å². The summed E-state index contributed by atoms with van der Waals surface area (Å²) >= 11 is 0. The predicted molar refractivity (Wildman–Crippen MR) is 113 cm³/mol. The molecule has 2 amide bonds. The molecule has 9 nitrogen and oxygen atoms in total. The average molecular weight is 415 g/mol. The molecule has 2 aliphatic heterocycles. The van der Waals surface area contributed by atoms with Gasteiger partial charge in [0, 0.05) is 11.1 Å². The van der Waals surface area contributed by atoms with Gasteiger partial charge in [-0.1, -0.05) is 6.07 Å². The van der Waals surface area contributed by atoms with Crippen molar-refractivity contribution in [2.75, 3.05) is 13.2 Å². The largest absolute Gasteiger partial charge is 0.474 e. The zero-order valence-corrected chi connectivity index (χ0v) is 18.3. The number of carbonyl (C=O) groups is 2. The van der Waals surface area contributed by atoms with Gasteiger partial charge in [0.2, 0.25) is 23.6 Å². The number of pyridine rings is 1. The standard InChI is InChI=1S/C21H29N5O4/c1-20(2,3)25-16(27)14-10-29-18(23-14)12-8-7-9-13(22-12)19-24-15(11-30-19)17(28)26-21(4,5)6/h7-9,14-15H,10-11H2,1-6H3,(H,25,27)(H,26,28). The molecule has 162 valence electrons. The molecule has 3 heterocycles. The Balaban J connectivity index is 1.73. The number of amides is 2. The summed E-state index contributed by atoms with van der Waals surface area (Å²) in [6.45, 7) is 11.8. The second-order valence-corrected chi connectivity index (χ2v) is 9.41. The highest BCUT2D eigenvalue weighted by Gasteiger charge is 2.31. The maximum Gasteiger partial charge on any atom is 0.248 e. The number of aliphatic imine (C=N–C) groups is 2. The van der Waals surface area contributed by atoms with Crippen molar-refractivity contribution in [3.8, 4) is 0 Å². The van der Waals surface area contributed by atoms with E-state index in [9.17, 15) is 9.59 Å². The van der Waals surface area contributed by atoms with Crippen molar-refractivity contribution in [1.29, 1.82) is 0 Å². The van der Waals surface area contributed by atoms with Gasteiger partial charge in [0.15, 0.2) is 12.1 Å². The van der Waals surface area contributed by atoms with Crippen molar-refractivity contribution < 1.29 is 19.1 Å². The smallest absolute Gasteiger partial charge is 0.248 e.